The van der Waals surface area contributed by atoms with Gasteiger partial charge in [-0.2, -0.15) is 0 Å². The Morgan fingerprint density at radius 2 is 1.86 bits per heavy atom. The number of halogens is 2. The molecule has 1 aromatic heterocycles. The van der Waals surface area contributed by atoms with Crippen molar-refractivity contribution in [1.82, 2.24) is 10.3 Å². The highest BCUT2D eigenvalue weighted by Crippen LogP contribution is 2.19. The summed E-state index contributed by atoms with van der Waals surface area (Å²) in [6.45, 7) is 0.306. The van der Waals surface area contributed by atoms with Crippen molar-refractivity contribution in [2.45, 2.75) is 6.54 Å². The molecule has 0 saturated heterocycles. The fraction of sp³-hybridized carbons (Fsp3) is 0.133. The number of hydrogen-bond acceptors (Lipinski definition) is 4. The maximum atomic E-state index is 12.0. The van der Waals surface area contributed by atoms with E-state index in [1.165, 1.54) is 19.4 Å². The van der Waals surface area contributed by atoms with Crippen molar-refractivity contribution in [3.05, 3.63) is 63.4 Å². The van der Waals surface area contributed by atoms with Crippen LogP contribution in [0.4, 0.5) is 0 Å². The Hall–Kier alpha value is -2.11. The van der Waals surface area contributed by atoms with Gasteiger partial charge in [-0.15, -0.1) is 0 Å². The van der Waals surface area contributed by atoms with Crippen molar-refractivity contribution in [3.63, 3.8) is 0 Å². The molecule has 0 atom stereocenters. The molecule has 0 unspecified atom stereocenters. The molecule has 0 radical (unpaired) electrons. The van der Waals surface area contributed by atoms with Gasteiger partial charge in [0, 0.05) is 12.7 Å². The number of esters is 1. The Morgan fingerprint density at radius 1 is 1.18 bits per heavy atom. The van der Waals surface area contributed by atoms with E-state index in [4.69, 9.17) is 23.2 Å². The molecular formula is C15H12Cl2N2O3. The van der Waals surface area contributed by atoms with E-state index < -0.39 is 5.97 Å². The number of hydrogen-bond donors (Lipinski definition) is 1. The lowest BCUT2D eigenvalue weighted by Gasteiger charge is -2.06. The van der Waals surface area contributed by atoms with Gasteiger partial charge in [0.15, 0.2) is 0 Å². The van der Waals surface area contributed by atoms with E-state index in [2.05, 4.69) is 15.0 Å². The number of ether oxygens (including phenoxy) is 1. The predicted molar refractivity (Wildman–Crippen MR) is 83.2 cm³/mol. The quantitative estimate of drug-likeness (QED) is 0.687. The Bertz CT molecular complexity index is 702. The van der Waals surface area contributed by atoms with Crippen LogP contribution in [0.5, 0.6) is 0 Å². The van der Waals surface area contributed by atoms with Gasteiger partial charge >= 0.3 is 5.97 Å². The number of carbonyl (C=O) groups excluding carboxylic acids is 2. The van der Waals surface area contributed by atoms with E-state index in [-0.39, 0.29) is 16.1 Å². The third-order valence-electron chi connectivity index (χ3n) is 2.89. The molecule has 0 spiro atoms. The molecule has 7 heteroatoms. The van der Waals surface area contributed by atoms with Crippen molar-refractivity contribution >= 4 is 35.1 Å². The van der Waals surface area contributed by atoms with Crippen LogP contribution in [0.25, 0.3) is 0 Å². The van der Waals surface area contributed by atoms with Crippen LogP contribution in [0.1, 0.15) is 26.3 Å². The van der Waals surface area contributed by atoms with Crippen LogP contribution in [0.15, 0.2) is 36.5 Å². The monoisotopic (exact) mass is 338 g/mol. The number of aromatic nitrogens is 1. The summed E-state index contributed by atoms with van der Waals surface area (Å²) < 4.78 is 4.61. The van der Waals surface area contributed by atoms with Gasteiger partial charge in [-0.1, -0.05) is 35.3 Å². The number of amides is 1. The zero-order valence-electron chi connectivity index (χ0n) is 11.6. The number of rotatable bonds is 4. The standard InChI is InChI=1S/C15H12Cl2N2O3/c1-22-15(21)10-4-2-9(3-5-10)7-19-14(20)11-6-12(16)13(17)18-8-11/h2-6,8H,7H2,1H3,(H,19,20). The predicted octanol–water partition coefficient (Wildman–Crippen LogP) is 3.11. The summed E-state index contributed by atoms with van der Waals surface area (Å²) in [5, 5.41) is 3.10. The van der Waals surface area contributed by atoms with E-state index in [0.29, 0.717) is 17.7 Å². The van der Waals surface area contributed by atoms with Gasteiger partial charge in [0.1, 0.15) is 5.15 Å². The van der Waals surface area contributed by atoms with Crippen LogP contribution >= 0.6 is 23.2 Å². The lowest BCUT2D eigenvalue weighted by Crippen LogP contribution is -2.23. The fourth-order valence-corrected chi connectivity index (χ4v) is 1.98. The molecule has 0 aliphatic rings. The Morgan fingerprint density at radius 3 is 2.45 bits per heavy atom. The van der Waals surface area contributed by atoms with Gasteiger partial charge in [0.05, 0.1) is 23.3 Å². The Labute approximate surface area is 137 Å². The minimum absolute atomic E-state index is 0.150. The average molecular weight is 339 g/mol. The molecule has 0 fully saturated rings. The number of benzene rings is 1. The molecule has 0 aliphatic carbocycles. The Kier molecular flexibility index (Phi) is 5.35. The highest BCUT2D eigenvalue weighted by molar-refractivity contribution is 6.41. The van der Waals surface area contributed by atoms with Gasteiger partial charge < -0.3 is 10.1 Å². The van der Waals surface area contributed by atoms with Gasteiger partial charge in [0.25, 0.3) is 5.91 Å². The molecule has 22 heavy (non-hydrogen) atoms. The fourth-order valence-electron chi connectivity index (χ4n) is 1.71. The molecule has 0 saturated carbocycles. The first-order chi connectivity index (χ1) is 10.5. The highest BCUT2D eigenvalue weighted by Gasteiger charge is 2.09. The van der Waals surface area contributed by atoms with Crippen LogP contribution < -0.4 is 5.32 Å². The number of carbonyl (C=O) groups is 2. The first-order valence-electron chi connectivity index (χ1n) is 6.27. The molecule has 114 valence electrons. The summed E-state index contributed by atoms with van der Waals surface area (Å²) in [6, 6.07) is 8.19. The summed E-state index contributed by atoms with van der Waals surface area (Å²) in [5.41, 5.74) is 1.61. The summed E-state index contributed by atoms with van der Waals surface area (Å²) in [5.74, 6) is -0.722. The molecule has 2 rings (SSSR count). The SMILES string of the molecule is COC(=O)c1ccc(CNC(=O)c2cnc(Cl)c(Cl)c2)cc1. The lowest BCUT2D eigenvalue weighted by atomic mass is 10.1. The van der Waals surface area contributed by atoms with Crippen molar-refractivity contribution in [2.75, 3.05) is 7.11 Å². The maximum absolute atomic E-state index is 12.0. The van der Waals surface area contributed by atoms with Crippen LogP contribution in [-0.4, -0.2) is 24.0 Å². The van der Waals surface area contributed by atoms with Crippen molar-refractivity contribution in [3.8, 4) is 0 Å². The molecule has 2 aromatic rings. The average Bonchev–Trinajstić information content (AvgIpc) is 2.54. The number of nitrogens with zero attached hydrogens (tertiary/aromatic N) is 1. The summed E-state index contributed by atoms with van der Waals surface area (Å²) in [6.07, 6.45) is 1.35. The third-order valence-corrected chi connectivity index (χ3v) is 3.57. The van der Waals surface area contributed by atoms with Gasteiger partial charge in [-0.05, 0) is 23.8 Å². The first kappa shape index (κ1) is 16.3. The van der Waals surface area contributed by atoms with Gasteiger partial charge in [-0.3, -0.25) is 4.79 Å². The maximum Gasteiger partial charge on any atom is 0.337 e. The normalized spacial score (nSPS) is 10.1. The van der Waals surface area contributed by atoms with Crippen LogP contribution in [0, 0.1) is 0 Å². The first-order valence-corrected chi connectivity index (χ1v) is 7.03. The van der Waals surface area contributed by atoms with Crippen LogP contribution in [0.2, 0.25) is 10.2 Å². The number of nitrogens with one attached hydrogen (secondary N) is 1. The van der Waals surface area contributed by atoms with Crippen molar-refractivity contribution < 1.29 is 14.3 Å². The molecule has 0 bridgehead atoms. The summed E-state index contributed by atoms with van der Waals surface area (Å²) in [7, 11) is 1.32. The van der Waals surface area contributed by atoms with E-state index in [1.807, 2.05) is 0 Å². The minimum Gasteiger partial charge on any atom is -0.465 e. The molecule has 5 nitrogen and oxygen atoms in total. The molecule has 0 aliphatic heterocycles. The second-order valence-electron chi connectivity index (χ2n) is 4.37. The minimum atomic E-state index is -0.405. The summed E-state index contributed by atoms with van der Waals surface area (Å²) in [4.78, 5) is 27.1. The topological polar surface area (TPSA) is 68.3 Å². The zero-order valence-corrected chi connectivity index (χ0v) is 13.1. The largest absolute Gasteiger partial charge is 0.465 e. The lowest BCUT2D eigenvalue weighted by molar-refractivity contribution is 0.0600. The van der Waals surface area contributed by atoms with Crippen LogP contribution in [0.3, 0.4) is 0 Å². The molecule has 1 heterocycles. The van der Waals surface area contributed by atoms with Crippen LogP contribution in [-0.2, 0) is 11.3 Å². The van der Waals surface area contributed by atoms with Gasteiger partial charge in [-0.25, -0.2) is 9.78 Å². The number of pyridine rings is 1. The zero-order chi connectivity index (χ0) is 16.1. The van der Waals surface area contributed by atoms with Crippen molar-refractivity contribution in [1.29, 1.82) is 0 Å². The second kappa shape index (κ2) is 7.24. The molecular weight excluding hydrogens is 327 g/mol. The molecule has 1 aromatic carbocycles. The Balaban J connectivity index is 1.98. The smallest absolute Gasteiger partial charge is 0.337 e. The van der Waals surface area contributed by atoms with Crippen molar-refractivity contribution in [2.24, 2.45) is 0 Å². The number of methoxy groups -OCH3 is 1. The second-order valence-corrected chi connectivity index (χ2v) is 5.13. The van der Waals surface area contributed by atoms with E-state index >= 15 is 0 Å². The van der Waals surface area contributed by atoms with Gasteiger partial charge in [0.2, 0.25) is 0 Å². The van der Waals surface area contributed by atoms with E-state index in [0.717, 1.165) is 5.56 Å². The third kappa shape index (κ3) is 3.96. The van der Waals surface area contributed by atoms with E-state index in [1.54, 1.807) is 24.3 Å². The summed E-state index contributed by atoms with van der Waals surface area (Å²) >= 11 is 11.5. The molecule has 1 amide bonds. The highest BCUT2D eigenvalue weighted by atomic mass is 35.5. The van der Waals surface area contributed by atoms with E-state index in [9.17, 15) is 9.59 Å². The molecule has 1 N–H and O–H groups in total.